The Hall–Kier alpha value is -1.06. The predicted molar refractivity (Wildman–Crippen MR) is 49.6 cm³/mol. The number of carboxylic acid groups (broad SMARTS) is 1. The molecule has 0 bridgehead atoms. The number of carbonyl (C=O) groups excluding carboxylic acids is 1. The fraction of sp³-hybridized carbons (Fsp3) is 0.800. The summed E-state index contributed by atoms with van der Waals surface area (Å²) in [6.07, 6.45) is 2.78. The Kier molecular flexibility index (Phi) is 2.21. The molecule has 1 amide bonds. The Morgan fingerprint density at radius 2 is 1.93 bits per heavy atom. The molecule has 14 heavy (non-hydrogen) atoms. The number of aliphatic carboxylic acids is 1. The summed E-state index contributed by atoms with van der Waals surface area (Å²) < 4.78 is 0. The van der Waals surface area contributed by atoms with Gasteiger partial charge in [0.1, 0.15) is 0 Å². The van der Waals surface area contributed by atoms with E-state index in [1.807, 2.05) is 0 Å². The topological polar surface area (TPSA) is 57.6 Å². The number of nitrogens with zero attached hydrogens (tertiary/aromatic N) is 1. The molecular weight excluding hydrogens is 182 g/mol. The summed E-state index contributed by atoms with van der Waals surface area (Å²) in [5.74, 6) is -0.606. The summed E-state index contributed by atoms with van der Waals surface area (Å²) in [5, 5.41) is 9.02. The van der Waals surface area contributed by atoms with Crippen molar-refractivity contribution in [2.45, 2.75) is 32.2 Å². The van der Waals surface area contributed by atoms with E-state index in [2.05, 4.69) is 0 Å². The highest BCUT2D eigenvalue weighted by Crippen LogP contribution is 2.42. The normalized spacial score (nSPS) is 31.9. The van der Waals surface area contributed by atoms with Gasteiger partial charge in [0.2, 0.25) is 5.91 Å². The van der Waals surface area contributed by atoms with Crippen molar-refractivity contribution in [1.29, 1.82) is 0 Å². The molecular formula is C10H15NO3. The van der Waals surface area contributed by atoms with Gasteiger partial charge in [0.05, 0.1) is 5.92 Å². The Bertz CT molecular complexity index is 251. The van der Waals surface area contributed by atoms with Gasteiger partial charge in [-0.05, 0) is 25.2 Å². The minimum absolute atomic E-state index is 0.0191. The van der Waals surface area contributed by atoms with Crippen molar-refractivity contribution in [2.24, 2.45) is 11.8 Å². The van der Waals surface area contributed by atoms with Gasteiger partial charge in [0.15, 0.2) is 0 Å². The molecule has 78 valence electrons. The molecule has 0 aromatic carbocycles. The van der Waals surface area contributed by atoms with E-state index in [1.54, 1.807) is 4.90 Å². The quantitative estimate of drug-likeness (QED) is 0.709. The number of hydrogen-bond acceptors (Lipinski definition) is 2. The Morgan fingerprint density at radius 3 is 2.36 bits per heavy atom. The summed E-state index contributed by atoms with van der Waals surface area (Å²) in [6.45, 7) is 2.15. The average Bonchev–Trinajstić information content (AvgIpc) is 2.83. The summed E-state index contributed by atoms with van der Waals surface area (Å²) in [5.41, 5.74) is 0. The molecule has 1 heterocycles. The van der Waals surface area contributed by atoms with Crippen LogP contribution in [0.3, 0.4) is 0 Å². The van der Waals surface area contributed by atoms with Crippen LogP contribution in [-0.2, 0) is 9.59 Å². The molecule has 1 N–H and O–H groups in total. The third-order valence-electron chi connectivity index (χ3n) is 3.28. The molecule has 2 fully saturated rings. The van der Waals surface area contributed by atoms with E-state index in [9.17, 15) is 9.59 Å². The maximum atomic E-state index is 11.3. The van der Waals surface area contributed by atoms with Crippen molar-refractivity contribution in [3.63, 3.8) is 0 Å². The standard InChI is InChI=1S/C10H15NO3/c1-6(12)11-5-4-8(10(13)14)9(11)7-2-3-7/h7-9H,2-5H2,1H3,(H,13,14)/t8-,9+/m0/s1. The molecule has 4 nitrogen and oxygen atoms in total. The molecule has 0 spiro atoms. The van der Waals surface area contributed by atoms with Crippen LogP contribution in [0.15, 0.2) is 0 Å². The van der Waals surface area contributed by atoms with E-state index in [-0.39, 0.29) is 17.9 Å². The van der Waals surface area contributed by atoms with Gasteiger partial charge in [0, 0.05) is 19.5 Å². The van der Waals surface area contributed by atoms with Gasteiger partial charge >= 0.3 is 5.97 Å². The first-order valence-electron chi connectivity index (χ1n) is 5.11. The number of carbonyl (C=O) groups is 2. The molecule has 1 saturated carbocycles. The second-order valence-corrected chi connectivity index (χ2v) is 4.27. The number of hydrogen-bond donors (Lipinski definition) is 1. The Morgan fingerprint density at radius 1 is 1.29 bits per heavy atom. The van der Waals surface area contributed by atoms with Crippen LogP contribution in [-0.4, -0.2) is 34.5 Å². The second-order valence-electron chi connectivity index (χ2n) is 4.27. The third-order valence-corrected chi connectivity index (χ3v) is 3.28. The van der Waals surface area contributed by atoms with Gasteiger partial charge < -0.3 is 10.0 Å². The maximum Gasteiger partial charge on any atom is 0.308 e. The second kappa shape index (κ2) is 3.26. The summed E-state index contributed by atoms with van der Waals surface area (Å²) in [4.78, 5) is 24.0. The summed E-state index contributed by atoms with van der Waals surface area (Å²) >= 11 is 0. The molecule has 1 saturated heterocycles. The first kappa shape index (κ1) is 9.49. The lowest BCUT2D eigenvalue weighted by Crippen LogP contribution is -2.40. The van der Waals surface area contributed by atoms with Crippen LogP contribution in [0.1, 0.15) is 26.2 Å². The van der Waals surface area contributed by atoms with Crippen molar-refractivity contribution < 1.29 is 14.7 Å². The molecule has 0 radical (unpaired) electrons. The van der Waals surface area contributed by atoms with Gasteiger partial charge in [-0.3, -0.25) is 9.59 Å². The smallest absolute Gasteiger partial charge is 0.308 e. The van der Waals surface area contributed by atoms with Gasteiger partial charge in [-0.25, -0.2) is 0 Å². The van der Waals surface area contributed by atoms with Crippen LogP contribution in [0, 0.1) is 11.8 Å². The predicted octanol–water partition coefficient (Wildman–Crippen LogP) is 0.718. The molecule has 0 aromatic heterocycles. The zero-order valence-electron chi connectivity index (χ0n) is 8.27. The zero-order valence-corrected chi connectivity index (χ0v) is 8.27. The number of likely N-dealkylation sites (tertiary alicyclic amines) is 1. The first-order valence-corrected chi connectivity index (χ1v) is 5.11. The van der Waals surface area contributed by atoms with E-state index in [0.29, 0.717) is 18.9 Å². The van der Waals surface area contributed by atoms with Crippen LogP contribution >= 0.6 is 0 Å². The highest BCUT2D eigenvalue weighted by molar-refractivity contribution is 5.77. The third kappa shape index (κ3) is 1.49. The highest BCUT2D eigenvalue weighted by atomic mass is 16.4. The van der Waals surface area contributed by atoms with Crippen LogP contribution < -0.4 is 0 Å². The van der Waals surface area contributed by atoms with Crippen LogP contribution in [0.2, 0.25) is 0 Å². The van der Waals surface area contributed by atoms with E-state index < -0.39 is 5.97 Å². The zero-order chi connectivity index (χ0) is 10.3. The molecule has 1 aliphatic carbocycles. The van der Waals surface area contributed by atoms with Crippen molar-refractivity contribution in [3.05, 3.63) is 0 Å². The van der Waals surface area contributed by atoms with Crippen molar-refractivity contribution in [2.75, 3.05) is 6.54 Å². The SMILES string of the molecule is CC(=O)N1CC[C@H](C(=O)O)[C@H]1C1CC1. The number of rotatable bonds is 2. The van der Waals surface area contributed by atoms with Gasteiger partial charge in [-0.2, -0.15) is 0 Å². The fourth-order valence-corrected chi connectivity index (χ4v) is 2.47. The minimum atomic E-state index is -0.745. The molecule has 2 aliphatic rings. The lowest BCUT2D eigenvalue weighted by molar-refractivity contribution is -0.143. The van der Waals surface area contributed by atoms with Gasteiger partial charge in [0.25, 0.3) is 0 Å². The molecule has 0 unspecified atom stereocenters. The fourth-order valence-electron chi connectivity index (χ4n) is 2.47. The molecule has 2 rings (SSSR count). The summed E-state index contributed by atoms with van der Waals surface area (Å²) in [7, 11) is 0. The van der Waals surface area contributed by atoms with Crippen LogP contribution in [0.5, 0.6) is 0 Å². The van der Waals surface area contributed by atoms with Gasteiger partial charge in [-0.15, -0.1) is 0 Å². The number of carboxylic acids is 1. The molecule has 4 heteroatoms. The van der Waals surface area contributed by atoms with E-state index >= 15 is 0 Å². The first-order chi connectivity index (χ1) is 6.61. The monoisotopic (exact) mass is 197 g/mol. The van der Waals surface area contributed by atoms with Crippen molar-refractivity contribution >= 4 is 11.9 Å². The van der Waals surface area contributed by atoms with E-state index in [0.717, 1.165) is 12.8 Å². The highest BCUT2D eigenvalue weighted by Gasteiger charge is 2.47. The van der Waals surface area contributed by atoms with E-state index in [4.69, 9.17) is 5.11 Å². The largest absolute Gasteiger partial charge is 0.481 e. The van der Waals surface area contributed by atoms with Crippen molar-refractivity contribution in [3.8, 4) is 0 Å². The number of amides is 1. The van der Waals surface area contributed by atoms with E-state index in [1.165, 1.54) is 6.92 Å². The average molecular weight is 197 g/mol. The Balaban J connectivity index is 2.15. The van der Waals surface area contributed by atoms with Crippen molar-refractivity contribution in [1.82, 2.24) is 4.90 Å². The minimum Gasteiger partial charge on any atom is -0.481 e. The molecule has 1 aliphatic heterocycles. The lowest BCUT2D eigenvalue weighted by Gasteiger charge is -2.25. The molecule has 0 aromatic rings. The van der Waals surface area contributed by atoms with Crippen LogP contribution in [0.4, 0.5) is 0 Å². The Labute approximate surface area is 82.9 Å². The summed E-state index contributed by atoms with van der Waals surface area (Å²) in [6, 6.07) is -0.0231. The molecule has 2 atom stereocenters. The van der Waals surface area contributed by atoms with Crippen LogP contribution in [0.25, 0.3) is 0 Å². The maximum absolute atomic E-state index is 11.3. The van der Waals surface area contributed by atoms with Gasteiger partial charge in [-0.1, -0.05) is 0 Å². The lowest BCUT2D eigenvalue weighted by atomic mass is 9.96.